The predicted molar refractivity (Wildman–Crippen MR) is 69.3 cm³/mol. The van der Waals surface area contributed by atoms with Crippen molar-refractivity contribution < 1.29 is 9.59 Å². The van der Waals surface area contributed by atoms with Gasteiger partial charge in [0.25, 0.3) is 5.91 Å². The second kappa shape index (κ2) is 5.93. The van der Waals surface area contributed by atoms with Crippen LogP contribution in [0, 0.1) is 0 Å². The maximum atomic E-state index is 12.5. The monoisotopic (exact) mass is 265 g/mol. The third-order valence-electron chi connectivity index (χ3n) is 3.94. The third kappa shape index (κ3) is 2.81. The van der Waals surface area contributed by atoms with Crippen LogP contribution in [0.2, 0.25) is 0 Å². The van der Waals surface area contributed by atoms with E-state index in [1.165, 1.54) is 11.3 Å². The molecule has 0 aromatic carbocycles. The molecule has 1 spiro atoms. The van der Waals surface area contributed by atoms with E-state index in [1.807, 2.05) is 0 Å². The highest BCUT2D eigenvalue weighted by molar-refractivity contribution is 6.07. The zero-order valence-electron chi connectivity index (χ0n) is 11.0. The molecule has 0 unspecified atom stereocenters. The lowest BCUT2D eigenvalue weighted by molar-refractivity contribution is -0.132. The van der Waals surface area contributed by atoms with E-state index in [0.717, 1.165) is 38.5 Å². The van der Waals surface area contributed by atoms with E-state index < -0.39 is 5.54 Å². The molecule has 2 rings (SSSR count). The van der Waals surface area contributed by atoms with Gasteiger partial charge in [0.2, 0.25) is 0 Å². The van der Waals surface area contributed by atoms with Crippen LogP contribution in [0.1, 0.15) is 44.9 Å². The summed E-state index contributed by atoms with van der Waals surface area (Å²) in [5.41, 5.74) is 7.54. The molecule has 1 saturated heterocycles. The molecule has 1 aliphatic carbocycles. The molecule has 0 atom stereocenters. The molecule has 1 aliphatic heterocycles. The van der Waals surface area contributed by atoms with Gasteiger partial charge in [0.05, 0.1) is 0 Å². The van der Waals surface area contributed by atoms with E-state index in [-0.39, 0.29) is 25.0 Å². The highest BCUT2D eigenvalue weighted by Gasteiger charge is 2.49. The molecule has 3 amide bonds. The van der Waals surface area contributed by atoms with E-state index in [2.05, 4.69) is 15.3 Å². The second-order valence-electron chi connectivity index (χ2n) is 5.19. The van der Waals surface area contributed by atoms with Gasteiger partial charge in [0, 0.05) is 18.0 Å². The molecular formula is C12H19N5O2. The second-order valence-corrected chi connectivity index (χ2v) is 5.19. The lowest BCUT2D eigenvalue weighted by Crippen LogP contribution is -2.47. The molecule has 2 aliphatic rings. The summed E-state index contributed by atoms with van der Waals surface area (Å²) in [5, 5.41) is 6.24. The van der Waals surface area contributed by atoms with Crippen LogP contribution < -0.4 is 5.32 Å². The van der Waals surface area contributed by atoms with Crippen molar-refractivity contribution in [2.75, 3.05) is 13.1 Å². The molecule has 0 aromatic heterocycles. The number of nitrogens with zero attached hydrogens (tertiary/aromatic N) is 4. The van der Waals surface area contributed by atoms with Crippen molar-refractivity contribution in [2.45, 2.75) is 50.5 Å². The molecule has 0 aromatic rings. The SMILES string of the molecule is [N-]=[N+]=NCCN1C(=O)NC2(CCCCCCC2)C1=O. The van der Waals surface area contributed by atoms with Crippen molar-refractivity contribution in [1.82, 2.24) is 10.2 Å². The van der Waals surface area contributed by atoms with Gasteiger partial charge in [-0.1, -0.05) is 37.2 Å². The fourth-order valence-electron chi connectivity index (χ4n) is 2.92. The average Bonchev–Trinajstić information content (AvgIpc) is 2.59. The summed E-state index contributed by atoms with van der Waals surface area (Å²) in [7, 11) is 0. The molecular weight excluding hydrogens is 246 g/mol. The fraction of sp³-hybridized carbons (Fsp3) is 0.833. The Bertz CT molecular complexity index is 408. The van der Waals surface area contributed by atoms with Gasteiger partial charge in [0.15, 0.2) is 0 Å². The molecule has 0 radical (unpaired) electrons. The van der Waals surface area contributed by atoms with Crippen LogP contribution in [0.3, 0.4) is 0 Å². The molecule has 1 N–H and O–H groups in total. The van der Waals surface area contributed by atoms with Gasteiger partial charge in [-0.3, -0.25) is 9.69 Å². The smallest absolute Gasteiger partial charge is 0.323 e. The molecule has 2 fully saturated rings. The maximum Gasteiger partial charge on any atom is 0.325 e. The zero-order chi connectivity index (χ0) is 13.7. The molecule has 104 valence electrons. The van der Waals surface area contributed by atoms with E-state index in [9.17, 15) is 9.59 Å². The number of imide groups is 1. The van der Waals surface area contributed by atoms with Gasteiger partial charge in [0.1, 0.15) is 5.54 Å². The zero-order valence-corrected chi connectivity index (χ0v) is 11.0. The van der Waals surface area contributed by atoms with Crippen LogP contribution in [0.15, 0.2) is 5.11 Å². The van der Waals surface area contributed by atoms with Crippen LogP contribution >= 0.6 is 0 Å². The van der Waals surface area contributed by atoms with Gasteiger partial charge >= 0.3 is 6.03 Å². The van der Waals surface area contributed by atoms with Gasteiger partial charge in [-0.05, 0) is 18.4 Å². The summed E-state index contributed by atoms with van der Waals surface area (Å²) < 4.78 is 0. The summed E-state index contributed by atoms with van der Waals surface area (Å²) in [5.74, 6) is -0.146. The van der Waals surface area contributed by atoms with Crippen LogP contribution in [0.4, 0.5) is 4.79 Å². The van der Waals surface area contributed by atoms with Crippen molar-refractivity contribution in [1.29, 1.82) is 0 Å². The average molecular weight is 265 g/mol. The normalized spacial score (nSPS) is 22.6. The van der Waals surface area contributed by atoms with Crippen molar-refractivity contribution in [3.8, 4) is 0 Å². The fourth-order valence-corrected chi connectivity index (χ4v) is 2.92. The minimum Gasteiger partial charge on any atom is -0.323 e. The first-order valence-corrected chi connectivity index (χ1v) is 6.85. The van der Waals surface area contributed by atoms with Crippen molar-refractivity contribution in [2.24, 2.45) is 5.11 Å². The van der Waals surface area contributed by atoms with Crippen LogP contribution in [-0.4, -0.2) is 35.5 Å². The number of carbonyl (C=O) groups excluding carboxylic acids is 2. The molecule has 1 saturated carbocycles. The largest absolute Gasteiger partial charge is 0.325 e. The number of urea groups is 1. The summed E-state index contributed by atoms with van der Waals surface area (Å²) in [4.78, 5) is 28.2. The number of nitrogens with one attached hydrogen (secondary N) is 1. The lowest BCUT2D eigenvalue weighted by atomic mass is 9.84. The van der Waals surface area contributed by atoms with E-state index in [0.29, 0.717) is 0 Å². The summed E-state index contributed by atoms with van der Waals surface area (Å²) in [6.07, 6.45) is 6.81. The molecule has 7 heteroatoms. The Hall–Kier alpha value is -1.75. The number of carbonyl (C=O) groups is 2. The first-order chi connectivity index (χ1) is 9.19. The Morgan fingerprint density at radius 2 is 1.84 bits per heavy atom. The standard InChI is InChI=1S/C12H19N5O2/c13-16-14-8-9-17-10(18)12(15-11(17)19)6-4-2-1-3-5-7-12/h1-9H2,(H,15,19). The Kier molecular flexibility index (Phi) is 4.27. The Balaban J connectivity index is 2.07. The van der Waals surface area contributed by atoms with E-state index in [4.69, 9.17) is 5.53 Å². The highest BCUT2D eigenvalue weighted by atomic mass is 16.2. The maximum absolute atomic E-state index is 12.5. The van der Waals surface area contributed by atoms with Crippen molar-refractivity contribution >= 4 is 11.9 Å². The van der Waals surface area contributed by atoms with Crippen molar-refractivity contribution in [3.05, 3.63) is 10.4 Å². The first-order valence-electron chi connectivity index (χ1n) is 6.85. The van der Waals surface area contributed by atoms with E-state index in [1.54, 1.807) is 0 Å². The minimum atomic E-state index is -0.701. The minimum absolute atomic E-state index is 0.131. The van der Waals surface area contributed by atoms with E-state index >= 15 is 0 Å². The van der Waals surface area contributed by atoms with Crippen LogP contribution in [0.25, 0.3) is 10.4 Å². The number of azide groups is 1. The molecule has 19 heavy (non-hydrogen) atoms. The van der Waals surface area contributed by atoms with Crippen LogP contribution in [-0.2, 0) is 4.79 Å². The molecule has 0 bridgehead atoms. The third-order valence-corrected chi connectivity index (χ3v) is 3.94. The number of hydrogen-bond donors (Lipinski definition) is 1. The Labute approximate surface area is 112 Å². The van der Waals surface area contributed by atoms with Gasteiger partial charge in [-0.15, -0.1) is 0 Å². The number of rotatable bonds is 3. The summed E-state index contributed by atoms with van der Waals surface area (Å²) in [6, 6.07) is -0.348. The highest BCUT2D eigenvalue weighted by Crippen LogP contribution is 2.31. The lowest BCUT2D eigenvalue weighted by Gasteiger charge is -2.28. The van der Waals surface area contributed by atoms with Gasteiger partial charge in [-0.25, -0.2) is 4.79 Å². The summed E-state index contributed by atoms with van der Waals surface area (Å²) >= 11 is 0. The first kappa shape index (κ1) is 13.7. The van der Waals surface area contributed by atoms with Gasteiger partial charge < -0.3 is 5.32 Å². The molecule has 7 nitrogen and oxygen atoms in total. The Morgan fingerprint density at radius 3 is 2.47 bits per heavy atom. The Morgan fingerprint density at radius 1 is 1.21 bits per heavy atom. The summed E-state index contributed by atoms with van der Waals surface area (Å²) in [6.45, 7) is 0.294. The van der Waals surface area contributed by atoms with Crippen LogP contribution in [0.5, 0.6) is 0 Å². The van der Waals surface area contributed by atoms with Crippen molar-refractivity contribution in [3.63, 3.8) is 0 Å². The molecule has 1 heterocycles. The number of amides is 3. The van der Waals surface area contributed by atoms with Gasteiger partial charge in [-0.2, -0.15) is 0 Å². The predicted octanol–water partition coefficient (Wildman–Crippen LogP) is 2.33. The number of hydrogen-bond acceptors (Lipinski definition) is 3. The topological polar surface area (TPSA) is 98.2 Å². The quantitative estimate of drug-likeness (QED) is 0.366.